The van der Waals surface area contributed by atoms with Crippen molar-refractivity contribution in [1.29, 1.82) is 0 Å². The number of aromatic nitrogens is 2. The summed E-state index contributed by atoms with van der Waals surface area (Å²) in [7, 11) is 0. The van der Waals surface area contributed by atoms with Gasteiger partial charge in [0.15, 0.2) is 5.15 Å². The Hall–Kier alpha value is -1.39. The van der Waals surface area contributed by atoms with Gasteiger partial charge in [-0.15, -0.1) is 0 Å². The van der Waals surface area contributed by atoms with Gasteiger partial charge in [0.25, 0.3) is 5.56 Å². The molecule has 162 valence electrons. The van der Waals surface area contributed by atoms with E-state index in [4.69, 9.17) is 11.6 Å². The van der Waals surface area contributed by atoms with Crippen LogP contribution in [0.4, 0.5) is 0 Å². The van der Waals surface area contributed by atoms with Crippen LogP contribution in [0.3, 0.4) is 0 Å². The summed E-state index contributed by atoms with van der Waals surface area (Å²) in [4.78, 5) is 20.0. The van der Waals surface area contributed by atoms with Crippen molar-refractivity contribution in [3.05, 3.63) is 39.8 Å². The van der Waals surface area contributed by atoms with Crippen LogP contribution in [0.25, 0.3) is 11.0 Å². The van der Waals surface area contributed by atoms with Crippen molar-refractivity contribution in [3.8, 4) is 0 Å². The summed E-state index contributed by atoms with van der Waals surface area (Å²) in [6, 6.07) is 9.81. The average Bonchev–Trinajstić information content (AvgIpc) is 2.74. The second-order valence-corrected chi connectivity index (χ2v) is 10.4. The summed E-state index contributed by atoms with van der Waals surface area (Å²) >= 11 is 6.19. The Bertz CT molecular complexity index is 945. The predicted octanol–water partition coefficient (Wildman–Crippen LogP) is 5.65. The van der Waals surface area contributed by atoms with Crippen molar-refractivity contribution in [2.45, 2.75) is 95.8 Å². The normalized spacial score (nSPS) is 32.4. The maximum atomic E-state index is 12.8. The number of fused-ring (bicyclic) bond motifs is 3. The molecule has 0 amide bonds. The average molecular weight is 428 g/mol. The number of piperidine rings is 1. The van der Waals surface area contributed by atoms with Crippen LogP contribution in [0.2, 0.25) is 5.15 Å². The van der Waals surface area contributed by atoms with Crippen molar-refractivity contribution in [2.75, 3.05) is 0 Å². The SMILES string of the molecule is C[C@H]1CCC[C@@H](CCn2c(=O)c(Cl)nc3ccccc32)N1C1C[C@H]2CCC[C@@H](C1)C2. The first-order valence-corrected chi connectivity index (χ1v) is 12.4. The summed E-state index contributed by atoms with van der Waals surface area (Å²) in [5, 5.41) is 0.0858. The van der Waals surface area contributed by atoms with Gasteiger partial charge in [-0.05, 0) is 69.4 Å². The molecular weight excluding hydrogens is 394 g/mol. The van der Waals surface area contributed by atoms with E-state index in [1.807, 2.05) is 28.8 Å². The minimum Gasteiger partial charge on any atom is -0.304 e. The van der Waals surface area contributed by atoms with Crippen LogP contribution < -0.4 is 5.56 Å². The number of likely N-dealkylation sites (tertiary alicyclic amines) is 1. The van der Waals surface area contributed by atoms with Crippen LogP contribution in [0.5, 0.6) is 0 Å². The number of hydrogen-bond donors (Lipinski definition) is 0. The second-order valence-electron chi connectivity index (χ2n) is 10.0. The number of rotatable bonds is 4. The highest BCUT2D eigenvalue weighted by atomic mass is 35.5. The molecule has 0 spiro atoms. The van der Waals surface area contributed by atoms with Crippen LogP contribution >= 0.6 is 11.6 Å². The molecule has 5 atom stereocenters. The van der Waals surface area contributed by atoms with Crippen LogP contribution in [-0.2, 0) is 6.54 Å². The summed E-state index contributed by atoms with van der Waals surface area (Å²) in [6.45, 7) is 3.15. The quantitative estimate of drug-likeness (QED) is 0.632. The van der Waals surface area contributed by atoms with Gasteiger partial charge in [0.1, 0.15) is 0 Å². The lowest BCUT2D eigenvalue weighted by atomic mass is 9.69. The molecule has 5 heteroatoms. The summed E-state index contributed by atoms with van der Waals surface area (Å²) in [5.74, 6) is 1.89. The van der Waals surface area contributed by atoms with E-state index < -0.39 is 0 Å². The maximum Gasteiger partial charge on any atom is 0.288 e. The lowest BCUT2D eigenvalue weighted by Gasteiger charge is -2.51. The van der Waals surface area contributed by atoms with E-state index in [0.29, 0.717) is 12.1 Å². The molecule has 1 saturated heterocycles. The van der Waals surface area contributed by atoms with E-state index in [1.165, 1.54) is 57.8 Å². The zero-order valence-corrected chi connectivity index (χ0v) is 18.9. The fourth-order valence-electron chi connectivity index (χ4n) is 6.86. The smallest absolute Gasteiger partial charge is 0.288 e. The molecule has 2 aliphatic carbocycles. The standard InChI is InChI=1S/C25H34ClN3O/c1-17-6-4-9-20(29(17)21-15-18-7-5-8-19(14-18)16-21)12-13-28-23-11-3-2-10-22(23)27-24(26)25(28)30/h2-3,10-11,17-21H,4-9,12-16H2,1H3/t17-,18-,19+,20-,21?/m0/s1. The molecule has 2 bridgehead atoms. The highest BCUT2D eigenvalue weighted by Gasteiger charge is 2.39. The van der Waals surface area contributed by atoms with Crippen molar-refractivity contribution >= 4 is 22.6 Å². The zero-order chi connectivity index (χ0) is 20.7. The first-order valence-electron chi connectivity index (χ1n) is 12.0. The lowest BCUT2D eigenvalue weighted by molar-refractivity contribution is -0.00907. The molecular formula is C25H34ClN3O. The highest BCUT2D eigenvalue weighted by Crippen LogP contribution is 2.43. The van der Waals surface area contributed by atoms with Crippen molar-refractivity contribution < 1.29 is 0 Å². The fourth-order valence-corrected chi connectivity index (χ4v) is 7.05. The van der Waals surface area contributed by atoms with Crippen molar-refractivity contribution in [1.82, 2.24) is 14.5 Å². The van der Waals surface area contributed by atoms with Gasteiger partial charge in [0.2, 0.25) is 0 Å². The molecule has 1 aromatic heterocycles. The molecule has 2 heterocycles. The Kier molecular flexibility index (Phi) is 5.90. The summed E-state index contributed by atoms with van der Waals surface area (Å²) < 4.78 is 1.86. The predicted molar refractivity (Wildman–Crippen MR) is 123 cm³/mol. The molecule has 0 radical (unpaired) electrons. The third-order valence-electron chi connectivity index (χ3n) is 8.11. The Labute approximate surface area is 184 Å². The number of halogens is 1. The fraction of sp³-hybridized carbons (Fsp3) is 0.680. The van der Waals surface area contributed by atoms with E-state index in [2.05, 4.69) is 16.8 Å². The second kappa shape index (κ2) is 8.63. The van der Waals surface area contributed by atoms with E-state index in [1.54, 1.807) is 0 Å². The van der Waals surface area contributed by atoms with Gasteiger partial charge in [-0.1, -0.05) is 49.4 Å². The molecule has 1 aromatic carbocycles. The molecule has 1 unspecified atom stereocenters. The number of benzene rings is 1. The van der Waals surface area contributed by atoms with Crippen molar-refractivity contribution in [2.24, 2.45) is 11.8 Å². The molecule has 30 heavy (non-hydrogen) atoms. The number of para-hydroxylation sites is 2. The zero-order valence-electron chi connectivity index (χ0n) is 18.1. The van der Waals surface area contributed by atoms with Gasteiger partial charge in [0, 0.05) is 24.7 Å². The summed E-state index contributed by atoms with van der Waals surface area (Å²) in [5.41, 5.74) is 1.54. The van der Waals surface area contributed by atoms with Gasteiger partial charge < -0.3 is 4.57 Å². The topological polar surface area (TPSA) is 38.1 Å². The molecule has 2 saturated carbocycles. The minimum atomic E-state index is -0.155. The van der Waals surface area contributed by atoms with E-state index in [9.17, 15) is 4.79 Å². The molecule has 3 aliphatic rings. The van der Waals surface area contributed by atoms with E-state index >= 15 is 0 Å². The first-order chi connectivity index (χ1) is 14.6. The van der Waals surface area contributed by atoms with Gasteiger partial charge in [-0.25, -0.2) is 4.98 Å². The lowest BCUT2D eigenvalue weighted by Crippen LogP contribution is -2.54. The Morgan fingerprint density at radius 2 is 1.77 bits per heavy atom. The largest absolute Gasteiger partial charge is 0.304 e. The van der Waals surface area contributed by atoms with Gasteiger partial charge >= 0.3 is 0 Å². The number of hydrogen-bond acceptors (Lipinski definition) is 3. The minimum absolute atomic E-state index is 0.0858. The van der Waals surface area contributed by atoms with Gasteiger partial charge in [-0.2, -0.15) is 0 Å². The molecule has 4 nitrogen and oxygen atoms in total. The van der Waals surface area contributed by atoms with E-state index in [0.717, 1.165) is 41.9 Å². The highest BCUT2D eigenvalue weighted by molar-refractivity contribution is 6.29. The van der Waals surface area contributed by atoms with E-state index in [-0.39, 0.29) is 10.7 Å². The molecule has 5 rings (SSSR count). The van der Waals surface area contributed by atoms with Crippen LogP contribution in [0, 0.1) is 11.8 Å². The van der Waals surface area contributed by atoms with Crippen LogP contribution in [-0.4, -0.2) is 32.6 Å². The van der Waals surface area contributed by atoms with Crippen molar-refractivity contribution in [3.63, 3.8) is 0 Å². The monoisotopic (exact) mass is 427 g/mol. The van der Waals surface area contributed by atoms with Crippen LogP contribution in [0.15, 0.2) is 29.1 Å². The number of nitrogens with zero attached hydrogens (tertiary/aromatic N) is 3. The molecule has 3 fully saturated rings. The summed E-state index contributed by atoms with van der Waals surface area (Å²) in [6.07, 6.45) is 13.5. The Morgan fingerprint density at radius 3 is 2.57 bits per heavy atom. The van der Waals surface area contributed by atoms with Crippen LogP contribution in [0.1, 0.15) is 71.1 Å². The third-order valence-corrected chi connectivity index (χ3v) is 8.36. The molecule has 1 aliphatic heterocycles. The maximum absolute atomic E-state index is 12.8. The molecule has 0 N–H and O–H groups in total. The Morgan fingerprint density at radius 1 is 1.03 bits per heavy atom. The van der Waals surface area contributed by atoms with Gasteiger partial charge in [-0.3, -0.25) is 9.69 Å². The number of aryl methyl sites for hydroxylation is 1. The molecule has 2 aromatic rings. The Balaban J connectivity index is 1.38. The first kappa shape index (κ1) is 20.5. The third kappa shape index (κ3) is 3.93. The van der Waals surface area contributed by atoms with Gasteiger partial charge in [0.05, 0.1) is 11.0 Å².